The molecule has 0 saturated carbocycles. The Labute approximate surface area is 145 Å². The number of allylic oxidation sites excluding steroid dienone is 2. The number of anilines is 1. The molecule has 2 rings (SSSR count). The van der Waals surface area contributed by atoms with Crippen molar-refractivity contribution in [2.24, 2.45) is 0 Å². The number of carbonyl (C=O) groups is 2. The molecule has 1 aromatic rings. The maximum atomic E-state index is 12.6. The third-order valence-corrected chi connectivity index (χ3v) is 3.70. The van der Waals surface area contributed by atoms with Gasteiger partial charge in [-0.3, -0.25) is 20.4 Å². The summed E-state index contributed by atoms with van der Waals surface area (Å²) in [6.07, 6.45) is -3.43. The van der Waals surface area contributed by atoms with Crippen LogP contribution in [0.5, 0.6) is 0 Å². The van der Waals surface area contributed by atoms with Crippen molar-refractivity contribution in [3.63, 3.8) is 0 Å². The predicted molar refractivity (Wildman–Crippen MR) is 86.0 cm³/mol. The summed E-state index contributed by atoms with van der Waals surface area (Å²) >= 11 is 5.76. The van der Waals surface area contributed by atoms with Crippen molar-refractivity contribution in [3.8, 4) is 0 Å². The minimum Gasteiger partial charge on any atom is -0.323 e. The monoisotopic (exact) mass is 372 g/mol. The zero-order valence-electron chi connectivity index (χ0n) is 12.8. The first-order chi connectivity index (χ1) is 11.5. The molecule has 1 aliphatic heterocycles. The molecule has 3 N–H and O–H groups in total. The number of amides is 1. The molecule has 0 unspecified atom stereocenters. The highest BCUT2D eigenvalue weighted by atomic mass is 35.5. The smallest absolute Gasteiger partial charge is 0.323 e. The van der Waals surface area contributed by atoms with Crippen molar-refractivity contribution in [3.05, 3.63) is 40.6 Å². The largest absolute Gasteiger partial charge is 0.416 e. The van der Waals surface area contributed by atoms with Crippen molar-refractivity contribution < 1.29 is 22.8 Å². The molecule has 0 saturated heterocycles. The van der Waals surface area contributed by atoms with E-state index < -0.39 is 41.5 Å². The summed E-state index contributed by atoms with van der Waals surface area (Å²) in [6.45, 7) is 1.10. The third kappa shape index (κ3) is 4.05. The van der Waals surface area contributed by atoms with Gasteiger partial charge in [0.1, 0.15) is 12.3 Å². The van der Waals surface area contributed by atoms with Crippen molar-refractivity contribution in [2.45, 2.75) is 13.1 Å². The molecule has 1 aromatic carbocycles. The summed E-state index contributed by atoms with van der Waals surface area (Å²) in [5.74, 6) is -1.73. The predicted octanol–water partition coefficient (Wildman–Crippen LogP) is 3.08. The number of benzene rings is 1. The van der Waals surface area contributed by atoms with Crippen LogP contribution in [0.4, 0.5) is 18.9 Å². The molecule has 1 heterocycles. The van der Waals surface area contributed by atoms with Gasteiger partial charge >= 0.3 is 6.18 Å². The molecule has 0 aliphatic carbocycles. The van der Waals surface area contributed by atoms with E-state index in [9.17, 15) is 22.8 Å². The van der Waals surface area contributed by atoms with Gasteiger partial charge < -0.3 is 10.2 Å². The van der Waals surface area contributed by atoms with Crippen LogP contribution in [0, 0.1) is 10.8 Å². The fourth-order valence-corrected chi connectivity index (χ4v) is 2.33. The van der Waals surface area contributed by atoms with E-state index in [1.54, 1.807) is 0 Å². The van der Waals surface area contributed by atoms with Crippen molar-refractivity contribution in [1.82, 2.24) is 4.90 Å². The molecular weight excluding hydrogens is 361 g/mol. The molecule has 1 aliphatic rings. The molecule has 0 spiro atoms. The Morgan fingerprint density at radius 2 is 1.96 bits per heavy atom. The first kappa shape index (κ1) is 18.7. The van der Waals surface area contributed by atoms with E-state index >= 15 is 0 Å². The average Bonchev–Trinajstić information content (AvgIpc) is 2.50. The molecule has 0 atom stereocenters. The van der Waals surface area contributed by atoms with Crippen LogP contribution in [-0.4, -0.2) is 34.7 Å². The number of alkyl halides is 3. The van der Waals surface area contributed by atoms with E-state index in [-0.39, 0.29) is 10.7 Å². The maximum absolute atomic E-state index is 12.6. The topological polar surface area (TPSA) is 97.1 Å². The van der Waals surface area contributed by atoms with Gasteiger partial charge in [0.15, 0.2) is 5.84 Å². The lowest BCUT2D eigenvalue weighted by Crippen LogP contribution is -2.45. The molecule has 1 amide bonds. The van der Waals surface area contributed by atoms with Gasteiger partial charge in [0, 0.05) is 11.8 Å². The van der Waals surface area contributed by atoms with Gasteiger partial charge in [-0.2, -0.15) is 13.2 Å². The second kappa shape index (κ2) is 6.67. The minimum atomic E-state index is -4.55. The van der Waals surface area contributed by atoms with E-state index in [0.29, 0.717) is 11.8 Å². The Bertz CT molecular complexity index is 815. The quantitative estimate of drug-likeness (QED) is 0.760. The summed E-state index contributed by atoms with van der Waals surface area (Å²) in [5.41, 5.74) is -1.21. The van der Waals surface area contributed by atoms with E-state index in [1.807, 2.05) is 0 Å². The number of carbonyl (C=O) groups excluding carboxylic acids is 2. The second-order valence-corrected chi connectivity index (χ2v) is 5.61. The second-order valence-electron chi connectivity index (χ2n) is 5.20. The highest BCUT2D eigenvalue weighted by molar-refractivity contribution is 6.68. The van der Waals surface area contributed by atoms with Crippen molar-refractivity contribution in [2.75, 3.05) is 11.9 Å². The molecule has 25 heavy (non-hydrogen) atoms. The van der Waals surface area contributed by atoms with Gasteiger partial charge in [-0.25, -0.2) is 0 Å². The summed E-state index contributed by atoms with van der Waals surface area (Å²) in [7, 11) is 0. The molecule has 132 valence electrons. The number of nitrogens with one attached hydrogen (secondary N) is 3. The number of rotatable bonds is 3. The summed E-state index contributed by atoms with van der Waals surface area (Å²) < 4.78 is 37.8. The molecular formula is C15H12ClF3N4O2. The van der Waals surface area contributed by atoms with Crippen LogP contribution in [0.1, 0.15) is 12.5 Å². The Morgan fingerprint density at radius 3 is 2.52 bits per heavy atom. The van der Waals surface area contributed by atoms with Crippen LogP contribution in [0.25, 0.3) is 0 Å². The molecule has 0 bridgehead atoms. The van der Waals surface area contributed by atoms with E-state index in [4.69, 9.17) is 22.4 Å². The SMILES string of the molecule is CC1=CC(=O)C(=N)C(=N)N1CC(=O)Nc1ccc(C(F)(F)F)cc1Cl. The van der Waals surface area contributed by atoms with Crippen LogP contribution in [0.15, 0.2) is 30.0 Å². The van der Waals surface area contributed by atoms with E-state index in [2.05, 4.69) is 5.32 Å². The Hall–Kier alpha value is -2.68. The molecule has 0 fully saturated rings. The van der Waals surface area contributed by atoms with E-state index in [0.717, 1.165) is 23.1 Å². The fourth-order valence-electron chi connectivity index (χ4n) is 2.10. The van der Waals surface area contributed by atoms with Gasteiger partial charge in [0.05, 0.1) is 16.3 Å². The van der Waals surface area contributed by atoms with Crippen molar-refractivity contribution in [1.29, 1.82) is 10.8 Å². The highest BCUT2D eigenvalue weighted by Crippen LogP contribution is 2.33. The van der Waals surface area contributed by atoms with Gasteiger partial charge in [0.25, 0.3) is 0 Å². The molecule has 10 heteroatoms. The lowest BCUT2D eigenvalue weighted by molar-refractivity contribution is -0.137. The third-order valence-electron chi connectivity index (χ3n) is 3.39. The molecule has 0 radical (unpaired) electrons. The number of hydrogen-bond acceptors (Lipinski definition) is 4. The molecule has 0 aromatic heterocycles. The molecule has 6 nitrogen and oxygen atoms in total. The Morgan fingerprint density at radius 1 is 1.32 bits per heavy atom. The standard InChI is InChI=1S/C15H12ClF3N4O2/c1-7-4-11(24)13(20)14(21)23(7)6-12(25)22-10-3-2-8(5-9(10)16)15(17,18)19/h2-5,20-21H,6H2,1H3,(H,22,25). The van der Waals surface area contributed by atoms with Crippen LogP contribution in [0.2, 0.25) is 5.02 Å². The normalized spacial score (nSPS) is 15.3. The summed E-state index contributed by atoms with van der Waals surface area (Å²) in [5, 5.41) is 17.3. The average molecular weight is 373 g/mol. The summed E-state index contributed by atoms with van der Waals surface area (Å²) in [6, 6.07) is 2.50. The van der Waals surface area contributed by atoms with Gasteiger partial charge in [-0.05, 0) is 25.1 Å². The maximum Gasteiger partial charge on any atom is 0.416 e. The number of nitrogens with zero attached hydrogens (tertiary/aromatic N) is 1. The fraction of sp³-hybridized carbons (Fsp3) is 0.200. The number of hydrogen-bond donors (Lipinski definition) is 3. The van der Waals surface area contributed by atoms with Gasteiger partial charge in [-0.15, -0.1) is 0 Å². The van der Waals surface area contributed by atoms with E-state index in [1.165, 1.54) is 6.92 Å². The lowest BCUT2D eigenvalue weighted by atomic mass is 10.1. The number of ketones is 1. The summed E-state index contributed by atoms with van der Waals surface area (Å²) in [4.78, 5) is 24.6. The van der Waals surface area contributed by atoms with Gasteiger partial charge in [-0.1, -0.05) is 11.6 Å². The highest BCUT2D eigenvalue weighted by Gasteiger charge is 2.31. The zero-order chi connectivity index (χ0) is 18.9. The first-order valence-electron chi connectivity index (χ1n) is 6.85. The van der Waals surface area contributed by atoms with Crippen LogP contribution in [-0.2, 0) is 15.8 Å². The number of halogens is 4. The zero-order valence-corrected chi connectivity index (χ0v) is 13.5. The first-order valence-corrected chi connectivity index (χ1v) is 7.22. The Kier molecular flexibility index (Phi) is 4.98. The lowest BCUT2D eigenvalue weighted by Gasteiger charge is -2.28. The minimum absolute atomic E-state index is 0.0176. The van der Waals surface area contributed by atoms with Gasteiger partial charge in [0.2, 0.25) is 11.7 Å². The van der Waals surface area contributed by atoms with Crippen LogP contribution in [0.3, 0.4) is 0 Å². The Balaban J connectivity index is 2.13. The van der Waals surface area contributed by atoms with Crippen LogP contribution < -0.4 is 5.32 Å². The van der Waals surface area contributed by atoms with Crippen molar-refractivity contribution >= 4 is 40.5 Å². The number of amidine groups is 1. The van der Waals surface area contributed by atoms with Crippen LogP contribution >= 0.6 is 11.6 Å².